The summed E-state index contributed by atoms with van der Waals surface area (Å²) in [6, 6.07) is 95.4. The number of allylic oxidation sites excluding steroid dienone is 5. The second-order valence-electron chi connectivity index (χ2n) is 19.2. The topological polar surface area (TPSA) is 4.93 Å². The van der Waals surface area contributed by atoms with Crippen LogP contribution in [-0.2, 0) is 0 Å². The number of rotatable bonds is 10. The molecule has 0 amide bonds. The summed E-state index contributed by atoms with van der Waals surface area (Å²) in [6.07, 6.45) is 8.17. The van der Waals surface area contributed by atoms with Gasteiger partial charge in [-0.15, -0.1) is 0 Å². The minimum atomic E-state index is -2.92. The standard InChI is InChI=1S/C71H51NSi/c1-3-4-8-18-49(2)50-29-31-53(32-30-50)56-38-43-68-66(45-56)67-46-57(54-35-33-52(34-36-54)51-19-9-5-10-20-51)39-44-69(67)72(68)59-40-42-65-64-41-37-58(63-28-17-22-55-21-15-16-27-62(55)63)47-70(64)73(71(65)48-59,60-23-11-6-12-24-60)61-25-13-7-14-26-61/h3-48H,2H2,1H3/b4-3-,18-8-. The summed E-state index contributed by atoms with van der Waals surface area (Å²) in [5, 5.41) is 10.6. The molecule has 0 radical (unpaired) electrons. The van der Waals surface area contributed by atoms with Gasteiger partial charge in [0.2, 0.25) is 0 Å². The molecule has 0 saturated heterocycles. The zero-order valence-corrected chi connectivity index (χ0v) is 41.7. The van der Waals surface area contributed by atoms with Crippen molar-refractivity contribution in [2.75, 3.05) is 0 Å². The molecule has 12 aromatic rings. The van der Waals surface area contributed by atoms with Crippen molar-refractivity contribution in [2.45, 2.75) is 6.92 Å². The molecule has 2 heteroatoms. The molecule has 0 N–H and O–H groups in total. The van der Waals surface area contributed by atoms with Gasteiger partial charge in [0.05, 0.1) is 11.0 Å². The molecule has 11 aromatic carbocycles. The Kier molecular flexibility index (Phi) is 11.0. The summed E-state index contributed by atoms with van der Waals surface area (Å²) < 4.78 is 2.51. The Morgan fingerprint density at radius 3 is 1.51 bits per heavy atom. The second kappa shape index (κ2) is 18.3. The first kappa shape index (κ1) is 43.9. The Bertz CT molecular complexity index is 4080. The summed E-state index contributed by atoms with van der Waals surface area (Å²) in [4.78, 5) is 0. The van der Waals surface area contributed by atoms with Gasteiger partial charge in [-0.05, 0) is 142 Å². The first-order valence-corrected chi connectivity index (χ1v) is 27.3. The van der Waals surface area contributed by atoms with Crippen LogP contribution in [0.2, 0.25) is 0 Å². The molecular formula is C71H51NSi. The van der Waals surface area contributed by atoms with Crippen LogP contribution in [0.5, 0.6) is 0 Å². The maximum atomic E-state index is 4.34. The average Bonchev–Trinajstić information content (AvgIpc) is 3.96. The zero-order chi connectivity index (χ0) is 48.9. The molecule has 1 aliphatic rings. The fraction of sp³-hybridized carbons (Fsp3) is 0.0141. The van der Waals surface area contributed by atoms with Crippen molar-refractivity contribution in [3.8, 4) is 61.3 Å². The highest BCUT2D eigenvalue weighted by Gasteiger charge is 2.49. The Morgan fingerprint density at radius 2 is 0.877 bits per heavy atom. The van der Waals surface area contributed by atoms with Crippen molar-refractivity contribution in [3.63, 3.8) is 0 Å². The number of aromatic nitrogens is 1. The largest absolute Gasteiger partial charge is 0.309 e. The van der Waals surface area contributed by atoms with Crippen LogP contribution in [-0.4, -0.2) is 12.6 Å². The SMILES string of the molecule is C=C(/C=C\C=C/C)c1ccc(-c2ccc3c(c2)c2cc(-c4ccc(-c5ccccc5)cc4)ccc2n3-c2ccc3c(c2)[Si](c2ccccc2)(c2ccccc2)c2cc(-c4cccc5ccccc45)ccc2-3)cc1. The highest BCUT2D eigenvalue weighted by Crippen LogP contribution is 2.40. The van der Waals surface area contributed by atoms with Gasteiger partial charge in [0, 0.05) is 16.5 Å². The van der Waals surface area contributed by atoms with Crippen molar-refractivity contribution in [2.24, 2.45) is 0 Å². The third-order valence-corrected chi connectivity index (χ3v) is 20.0. The number of hydrogen-bond acceptors (Lipinski definition) is 0. The van der Waals surface area contributed by atoms with Gasteiger partial charge >= 0.3 is 0 Å². The van der Waals surface area contributed by atoms with Crippen LogP contribution in [0.1, 0.15) is 12.5 Å². The van der Waals surface area contributed by atoms with E-state index in [1.165, 1.54) is 109 Å². The van der Waals surface area contributed by atoms with Gasteiger partial charge in [0.1, 0.15) is 0 Å². The summed E-state index contributed by atoms with van der Waals surface area (Å²) in [5.74, 6) is 0. The molecular weight excluding hydrogens is 895 g/mol. The molecule has 0 atom stereocenters. The van der Waals surface area contributed by atoms with Crippen molar-refractivity contribution < 1.29 is 0 Å². The van der Waals surface area contributed by atoms with Crippen LogP contribution < -0.4 is 20.7 Å². The maximum absolute atomic E-state index is 4.34. The van der Waals surface area contributed by atoms with Gasteiger partial charge in [-0.2, -0.15) is 0 Å². The molecule has 1 aromatic heterocycles. The lowest BCUT2D eigenvalue weighted by Gasteiger charge is -2.32. The first-order chi connectivity index (χ1) is 36.1. The van der Waals surface area contributed by atoms with Gasteiger partial charge < -0.3 is 4.57 Å². The van der Waals surface area contributed by atoms with Gasteiger partial charge in [0.25, 0.3) is 0 Å². The second-order valence-corrected chi connectivity index (χ2v) is 23.0. The molecule has 0 aliphatic carbocycles. The number of hydrogen-bond donors (Lipinski definition) is 0. The minimum absolute atomic E-state index is 0.988. The molecule has 0 bridgehead atoms. The molecule has 0 fully saturated rings. The summed E-state index contributed by atoms with van der Waals surface area (Å²) in [6.45, 7) is 6.37. The Morgan fingerprint density at radius 1 is 0.384 bits per heavy atom. The van der Waals surface area contributed by atoms with Crippen LogP contribution in [0.4, 0.5) is 0 Å². The third kappa shape index (κ3) is 7.46. The number of nitrogens with zero attached hydrogens (tertiary/aromatic N) is 1. The van der Waals surface area contributed by atoms with E-state index in [0.29, 0.717) is 0 Å². The average molecular weight is 946 g/mol. The lowest BCUT2D eigenvalue weighted by atomic mass is 9.96. The Balaban J connectivity index is 1.01. The van der Waals surface area contributed by atoms with Gasteiger partial charge in [-0.3, -0.25) is 0 Å². The van der Waals surface area contributed by atoms with Crippen LogP contribution >= 0.6 is 0 Å². The van der Waals surface area contributed by atoms with Crippen molar-refractivity contribution in [3.05, 3.63) is 291 Å². The fourth-order valence-electron chi connectivity index (χ4n) is 11.7. The lowest BCUT2D eigenvalue weighted by Crippen LogP contribution is -2.72. The van der Waals surface area contributed by atoms with Crippen molar-refractivity contribution >= 4 is 67.0 Å². The van der Waals surface area contributed by atoms with E-state index in [4.69, 9.17) is 0 Å². The maximum Gasteiger partial charge on any atom is 0.180 e. The molecule has 73 heavy (non-hydrogen) atoms. The van der Waals surface area contributed by atoms with Crippen LogP contribution in [0.15, 0.2) is 286 Å². The molecule has 1 aliphatic heterocycles. The van der Waals surface area contributed by atoms with E-state index in [1.807, 2.05) is 25.2 Å². The molecule has 0 saturated carbocycles. The highest BCUT2D eigenvalue weighted by molar-refractivity contribution is 7.22. The van der Waals surface area contributed by atoms with Crippen LogP contribution in [0.3, 0.4) is 0 Å². The normalized spacial score (nSPS) is 12.8. The predicted octanol–water partition coefficient (Wildman–Crippen LogP) is 16.1. The van der Waals surface area contributed by atoms with E-state index in [0.717, 1.165) is 16.8 Å². The van der Waals surface area contributed by atoms with Crippen LogP contribution in [0, 0.1) is 0 Å². The zero-order valence-electron chi connectivity index (χ0n) is 40.7. The van der Waals surface area contributed by atoms with Gasteiger partial charge in [-0.1, -0.05) is 249 Å². The monoisotopic (exact) mass is 945 g/mol. The minimum Gasteiger partial charge on any atom is -0.309 e. The Hall–Kier alpha value is -9.08. The van der Waals surface area contributed by atoms with E-state index < -0.39 is 8.07 Å². The van der Waals surface area contributed by atoms with E-state index in [2.05, 4.69) is 272 Å². The molecule has 2 heterocycles. The van der Waals surface area contributed by atoms with E-state index in [9.17, 15) is 0 Å². The smallest absolute Gasteiger partial charge is 0.180 e. The lowest BCUT2D eigenvalue weighted by molar-refractivity contribution is 1.18. The van der Waals surface area contributed by atoms with E-state index in [-0.39, 0.29) is 0 Å². The fourth-order valence-corrected chi connectivity index (χ4v) is 16.9. The van der Waals surface area contributed by atoms with Gasteiger partial charge in [-0.25, -0.2) is 0 Å². The number of fused-ring (bicyclic) bond motifs is 7. The van der Waals surface area contributed by atoms with Crippen molar-refractivity contribution in [1.29, 1.82) is 0 Å². The predicted molar refractivity (Wildman–Crippen MR) is 316 cm³/mol. The summed E-state index contributed by atoms with van der Waals surface area (Å²) >= 11 is 0. The molecule has 0 spiro atoms. The first-order valence-electron chi connectivity index (χ1n) is 25.3. The molecule has 13 rings (SSSR count). The van der Waals surface area contributed by atoms with E-state index >= 15 is 0 Å². The summed E-state index contributed by atoms with van der Waals surface area (Å²) in [5.41, 5.74) is 17.9. The highest BCUT2D eigenvalue weighted by atomic mass is 28.3. The quantitative estimate of drug-likeness (QED) is 0.0951. The Labute approximate surface area is 428 Å². The van der Waals surface area contributed by atoms with Crippen LogP contribution in [0.25, 0.3) is 99.5 Å². The van der Waals surface area contributed by atoms with Gasteiger partial charge in [0.15, 0.2) is 8.07 Å². The third-order valence-electron chi connectivity index (χ3n) is 15.2. The molecule has 0 unspecified atom stereocenters. The number of benzene rings is 11. The molecule has 1 nitrogen and oxygen atoms in total. The van der Waals surface area contributed by atoms with E-state index in [1.54, 1.807) is 0 Å². The molecule has 344 valence electrons. The summed E-state index contributed by atoms with van der Waals surface area (Å²) in [7, 11) is -2.92. The van der Waals surface area contributed by atoms with Crippen molar-refractivity contribution in [1.82, 2.24) is 4.57 Å².